The van der Waals surface area contributed by atoms with E-state index in [1.807, 2.05) is 12.3 Å². The third-order valence-electron chi connectivity index (χ3n) is 2.62. The van der Waals surface area contributed by atoms with Crippen molar-refractivity contribution in [3.05, 3.63) is 46.2 Å². The van der Waals surface area contributed by atoms with Gasteiger partial charge in [0.15, 0.2) is 11.6 Å². The SMILES string of the molecule is Cc1nc(CNCC(O)COc2ccccc2F)cs1. The molecule has 4 nitrogen and oxygen atoms in total. The Hall–Kier alpha value is -1.50. The zero-order valence-electron chi connectivity index (χ0n) is 11.2. The topological polar surface area (TPSA) is 54.4 Å². The Kier molecular flexibility index (Phi) is 5.46. The van der Waals surface area contributed by atoms with Crippen LogP contribution >= 0.6 is 11.3 Å². The van der Waals surface area contributed by atoms with Gasteiger partial charge in [0.1, 0.15) is 12.7 Å². The molecule has 0 bridgehead atoms. The van der Waals surface area contributed by atoms with Gasteiger partial charge in [-0.15, -0.1) is 11.3 Å². The molecule has 1 aromatic heterocycles. The van der Waals surface area contributed by atoms with Crippen LogP contribution in [0.15, 0.2) is 29.6 Å². The maximum Gasteiger partial charge on any atom is 0.165 e. The Morgan fingerprint density at radius 2 is 2.25 bits per heavy atom. The Labute approximate surface area is 121 Å². The second kappa shape index (κ2) is 7.33. The zero-order valence-corrected chi connectivity index (χ0v) is 12.0. The summed E-state index contributed by atoms with van der Waals surface area (Å²) in [5.41, 5.74) is 0.953. The first-order valence-corrected chi connectivity index (χ1v) is 7.20. The lowest BCUT2D eigenvalue weighted by atomic mass is 10.3. The lowest BCUT2D eigenvalue weighted by Crippen LogP contribution is -2.31. The number of rotatable bonds is 7. The highest BCUT2D eigenvalue weighted by atomic mass is 32.1. The number of hydrogen-bond donors (Lipinski definition) is 2. The van der Waals surface area contributed by atoms with E-state index in [0.717, 1.165) is 10.7 Å². The van der Waals surface area contributed by atoms with Gasteiger partial charge in [-0.05, 0) is 19.1 Å². The molecule has 0 saturated heterocycles. The third kappa shape index (κ3) is 4.56. The van der Waals surface area contributed by atoms with E-state index in [1.165, 1.54) is 12.1 Å². The van der Waals surface area contributed by atoms with Crippen LogP contribution in [0.25, 0.3) is 0 Å². The van der Waals surface area contributed by atoms with Gasteiger partial charge in [-0.3, -0.25) is 0 Å². The molecule has 0 saturated carbocycles. The number of aromatic nitrogens is 1. The molecule has 2 rings (SSSR count). The van der Waals surface area contributed by atoms with Gasteiger partial charge in [-0.1, -0.05) is 12.1 Å². The van der Waals surface area contributed by atoms with Gasteiger partial charge in [0.2, 0.25) is 0 Å². The van der Waals surface area contributed by atoms with Crippen LogP contribution < -0.4 is 10.1 Å². The summed E-state index contributed by atoms with van der Waals surface area (Å²) >= 11 is 1.59. The lowest BCUT2D eigenvalue weighted by Gasteiger charge is -2.13. The van der Waals surface area contributed by atoms with Crippen molar-refractivity contribution in [3.63, 3.8) is 0 Å². The lowest BCUT2D eigenvalue weighted by molar-refractivity contribution is 0.104. The van der Waals surface area contributed by atoms with Gasteiger partial charge >= 0.3 is 0 Å². The first-order valence-electron chi connectivity index (χ1n) is 6.32. The molecule has 0 radical (unpaired) electrons. The molecule has 0 fully saturated rings. The second-order valence-electron chi connectivity index (χ2n) is 4.38. The maximum absolute atomic E-state index is 13.3. The van der Waals surface area contributed by atoms with Crippen molar-refractivity contribution in [1.82, 2.24) is 10.3 Å². The summed E-state index contributed by atoms with van der Waals surface area (Å²) in [6.07, 6.45) is -0.700. The average Bonchev–Trinajstić information content (AvgIpc) is 2.83. The molecule has 2 aromatic rings. The number of aliphatic hydroxyl groups is 1. The fraction of sp³-hybridized carbons (Fsp3) is 0.357. The van der Waals surface area contributed by atoms with Crippen molar-refractivity contribution in [2.45, 2.75) is 19.6 Å². The number of halogens is 1. The molecule has 0 aliphatic rings. The molecule has 108 valence electrons. The van der Waals surface area contributed by atoms with E-state index in [4.69, 9.17) is 4.74 Å². The number of thiazole rings is 1. The minimum Gasteiger partial charge on any atom is -0.488 e. The molecule has 20 heavy (non-hydrogen) atoms. The van der Waals surface area contributed by atoms with Crippen LogP contribution in [-0.2, 0) is 6.54 Å². The van der Waals surface area contributed by atoms with E-state index in [1.54, 1.807) is 23.5 Å². The van der Waals surface area contributed by atoms with Crippen molar-refractivity contribution in [3.8, 4) is 5.75 Å². The van der Waals surface area contributed by atoms with E-state index < -0.39 is 11.9 Å². The molecule has 1 unspecified atom stereocenters. The number of nitrogens with one attached hydrogen (secondary N) is 1. The van der Waals surface area contributed by atoms with E-state index >= 15 is 0 Å². The normalized spacial score (nSPS) is 12.3. The Morgan fingerprint density at radius 3 is 2.95 bits per heavy atom. The summed E-state index contributed by atoms with van der Waals surface area (Å²) in [6, 6.07) is 6.14. The van der Waals surface area contributed by atoms with Crippen LogP contribution in [0.4, 0.5) is 4.39 Å². The van der Waals surface area contributed by atoms with Gasteiger partial charge in [0, 0.05) is 18.5 Å². The quantitative estimate of drug-likeness (QED) is 0.822. The van der Waals surface area contributed by atoms with E-state index in [9.17, 15) is 9.50 Å². The highest BCUT2D eigenvalue weighted by molar-refractivity contribution is 7.09. The molecule has 0 aliphatic carbocycles. The van der Waals surface area contributed by atoms with Gasteiger partial charge in [-0.2, -0.15) is 0 Å². The number of hydrogen-bond acceptors (Lipinski definition) is 5. The summed E-state index contributed by atoms with van der Waals surface area (Å²) in [5, 5.41) is 15.8. The predicted molar refractivity (Wildman–Crippen MR) is 76.5 cm³/mol. The predicted octanol–water partition coefficient (Wildman–Crippen LogP) is 2.12. The van der Waals surface area contributed by atoms with Crippen LogP contribution in [-0.4, -0.2) is 29.3 Å². The van der Waals surface area contributed by atoms with Gasteiger partial charge in [0.25, 0.3) is 0 Å². The third-order valence-corrected chi connectivity index (χ3v) is 3.44. The van der Waals surface area contributed by atoms with Gasteiger partial charge in [-0.25, -0.2) is 9.37 Å². The Balaban J connectivity index is 1.68. The number of para-hydroxylation sites is 1. The van der Waals surface area contributed by atoms with Crippen LogP contribution in [0.1, 0.15) is 10.7 Å². The smallest absolute Gasteiger partial charge is 0.165 e. The van der Waals surface area contributed by atoms with Crippen LogP contribution in [0.2, 0.25) is 0 Å². The number of ether oxygens (including phenoxy) is 1. The minimum absolute atomic E-state index is 0.0457. The first kappa shape index (κ1) is 14.9. The first-order chi connectivity index (χ1) is 9.65. The summed E-state index contributed by atoms with van der Waals surface area (Å²) in [5.74, 6) is -0.271. The summed E-state index contributed by atoms with van der Waals surface area (Å²) < 4.78 is 18.5. The number of benzene rings is 1. The number of aliphatic hydroxyl groups excluding tert-OH is 1. The molecular weight excluding hydrogens is 279 g/mol. The van der Waals surface area contributed by atoms with Crippen LogP contribution in [0.5, 0.6) is 5.75 Å². The average molecular weight is 296 g/mol. The molecule has 2 N–H and O–H groups in total. The van der Waals surface area contributed by atoms with Crippen molar-refractivity contribution in [2.75, 3.05) is 13.2 Å². The molecule has 1 atom stereocenters. The number of aryl methyl sites for hydroxylation is 1. The molecule has 0 amide bonds. The second-order valence-corrected chi connectivity index (χ2v) is 5.45. The van der Waals surface area contributed by atoms with E-state index in [2.05, 4.69) is 10.3 Å². The molecule has 1 heterocycles. The Morgan fingerprint density at radius 1 is 1.45 bits per heavy atom. The standard InChI is InChI=1S/C14H17FN2O2S/c1-10-17-11(9-20-10)6-16-7-12(18)8-19-14-5-3-2-4-13(14)15/h2-5,9,12,16,18H,6-8H2,1H3. The number of nitrogens with zero attached hydrogens (tertiary/aromatic N) is 1. The van der Waals surface area contributed by atoms with Gasteiger partial charge < -0.3 is 15.2 Å². The Bertz CT molecular complexity index is 547. The van der Waals surface area contributed by atoms with Crippen molar-refractivity contribution < 1.29 is 14.2 Å². The maximum atomic E-state index is 13.3. The molecular formula is C14H17FN2O2S. The van der Waals surface area contributed by atoms with Crippen molar-refractivity contribution in [1.29, 1.82) is 0 Å². The van der Waals surface area contributed by atoms with Gasteiger partial charge in [0.05, 0.1) is 10.7 Å². The zero-order chi connectivity index (χ0) is 14.4. The summed E-state index contributed by atoms with van der Waals surface area (Å²) in [6.45, 7) is 2.96. The van der Waals surface area contributed by atoms with Crippen LogP contribution in [0, 0.1) is 12.7 Å². The highest BCUT2D eigenvalue weighted by Gasteiger charge is 2.08. The van der Waals surface area contributed by atoms with Crippen LogP contribution in [0.3, 0.4) is 0 Å². The van der Waals surface area contributed by atoms with Crippen molar-refractivity contribution in [2.24, 2.45) is 0 Å². The summed E-state index contributed by atoms with van der Waals surface area (Å²) in [4.78, 5) is 4.31. The highest BCUT2D eigenvalue weighted by Crippen LogP contribution is 2.15. The monoisotopic (exact) mass is 296 g/mol. The minimum atomic E-state index is -0.700. The largest absolute Gasteiger partial charge is 0.488 e. The summed E-state index contributed by atoms with van der Waals surface area (Å²) in [7, 11) is 0. The molecule has 0 spiro atoms. The van der Waals surface area contributed by atoms with E-state index in [0.29, 0.717) is 13.1 Å². The molecule has 1 aromatic carbocycles. The fourth-order valence-electron chi connectivity index (χ4n) is 1.66. The fourth-order valence-corrected chi connectivity index (χ4v) is 2.28. The van der Waals surface area contributed by atoms with Crippen molar-refractivity contribution >= 4 is 11.3 Å². The molecule has 0 aliphatic heterocycles. The van der Waals surface area contributed by atoms with E-state index in [-0.39, 0.29) is 12.4 Å². The molecule has 6 heteroatoms.